The summed E-state index contributed by atoms with van der Waals surface area (Å²) < 4.78 is 1.96. The van der Waals surface area contributed by atoms with E-state index in [1.54, 1.807) is 4.90 Å². The SMILES string of the molecule is O=C(CCl)N1CCc2c(cnn2-c2ccccc2)C1. The molecule has 0 radical (unpaired) electrons. The number of fused-ring (bicyclic) bond motifs is 1. The van der Waals surface area contributed by atoms with Crippen molar-refractivity contribution in [1.82, 2.24) is 14.7 Å². The fraction of sp³-hybridized carbons (Fsp3) is 0.286. The number of amides is 1. The Morgan fingerprint density at radius 1 is 1.32 bits per heavy atom. The van der Waals surface area contributed by atoms with E-state index in [0.29, 0.717) is 13.1 Å². The Kier molecular flexibility index (Phi) is 3.25. The molecular weight excluding hydrogens is 262 g/mol. The third kappa shape index (κ3) is 2.24. The molecule has 0 fully saturated rings. The highest BCUT2D eigenvalue weighted by molar-refractivity contribution is 6.27. The van der Waals surface area contributed by atoms with E-state index in [1.165, 1.54) is 5.69 Å². The molecular formula is C14H14ClN3O. The van der Waals surface area contributed by atoms with Gasteiger partial charge in [-0.25, -0.2) is 4.68 Å². The molecule has 1 aromatic heterocycles. The summed E-state index contributed by atoms with van der Waals surface area (Å²) >= 11 is 5.60. The lowest BCUT2D eigenvalue weighted by molar-refractivity contribution is -0.129. The van der Waals surface area contributed by atoms with Crippen molar-refractivity contribution in [3.63, 3.8) is 0 Å². The number of carbonyl (C=O) groups is 1. The van der Waals surface area contributed by atoms with Crippen LogP contribution in [0.3, 0.4) is 0 Å². The Morgan fingerprint density at radius 2 is 2.11 bits per heavy atom. The Balaban J connectivity index is 1.90. The molecule has 0 unspecified atom stereocenters. The number of rotatable bonds is 2. The first-order valence-electron chi connectivity index (χ1n) is 6.24. The molecule has 3 rings (SSSR count). The summed E-state index contributed by atoms with van der Waals surface area (Å²) in [5.41, 5.74) is 3.35. The van der Waals surface area contributed by atoms with Crippen LogP contribution in [0.5, 0.6) is 0 Å². The number of hydrogen-bond donors (Lipinski definition) is 0. The normalized spacial score (nSPS) is 14.3. The Morgan fingerprint density at radius 3 is 2.84 bits per heavy atom. The highest BCUT2D eigenvalue weighted by atomic mass is 35.5. The first-order valence-corrected chi connectivity index (χ1v) is 6.78. The van der Waals surface area contributed by atoms with Gasteiger partial charge in [-0.2, -0.15) is 5.10 Å². The molecule has 1 aliphatic heterocycles. The van der Waals surface area contributed by atoms with Gasteiger partial charge in [0.15, 0.2) is 0 Å². The summed E-state index contributed by atoms with van der Waals surface area (Å²) in [4.78, 5) is 13.4. The summed E-state index contributed by atoms with van der Waals surface area (Å²) in [5.74, 6) is 0.0297. The number of benzene rings is 1. The van der Waals surface area contributed by atoms with E-state index >= 15 is 0 Å². The van der Waals surface area contributed by atoms with Gasteiger partial charge in [0.25, 0.3) is 0 Å². The van der Waals surface area contributed by atoms with Crippen molar-refractivity contribution < 1.29 is 4.79 Å². The molecule has 19 heavy (non-hydrogen) atoms. The lowest BCUT2D eigenvalue weighted by atomic mass is 10.1. The maximum absolute atomic E-state index is 11.6. The second kappa shape index (κ2) is 5.05. The topological polar surface area (TPSA) is 38.1 Å². The van der Waals surface area contributed by atoms with Gasteiger partial charge in [0, 0.05) is 25.1 Å². The largest absolute Gasteiger partial charge is 0.337 e. The third-order valence-electron chi connectivity index (χ3n) is 3.40. The van der Waals surface area contributed by atoms with Crippen LogP contribution in [-0.4, -0.2) is 33.0 Å². The van der Waals surface area contributed by atoms with Crippen LogP contribution < -0.4 is 0 Å². The summed E-state index contributed by atoms with van der Waals surface area (Å²) in [5, 5.41) is 4.43. The molecule has 0 spiro atoms. The number of nitrogens with zero attached hydrogens (tertiary/aromatic N) is 3. The fourth-order valence-corrected chi connectivity index (χ4v) is 2.59. The first kappa shape index (κ1) is 12.2. The molecule has 2 heterocycles. The Labute approximate surface area is 116 Å². The maximum atomic E-state index is 11.6. The minimum atomic E-state index is -0.0141. The zero-order valence-corrected chi connectivity index (χ0v) is 11.2. The standard InChI is InChI=1S/C14H14ClN3O/c15-8-14(19)17-7-6-13-11(10-17)9-16-18(13)12-4-2-1-3-5-12/h1-5,9H,6-8,10H2. The lowest BCUT2D eigenvalue weighted by Crippen LogP contribution is -2.36. The summed E-state index contributed by atoms with van der Waals surface area (Å²) in [6.07, 6.45) is 2.66. The lowest BCUT2D eigenvalue weighted by Gasteiger charge is -2.26. The highest BCUT2D eigenvalue weighted by Gasteiger charge is 2.23. The van der Waals surface area contributed by atoms with Crippen LogP contribution in [0.4, 0.5) is 0 Å². The number of aromatic nitrogens is 2. The van der Waals surface area contributed by atoms with Crippen molar-refractivity contribution in [3.05, 3.63) is 47.8 Å². The molecule has 1 amide bonds. The van der Waals surface area contributed by atoms with Gasteiger partial charge in [0.2, 0.25) is 5.91 Å². The molecule has 2 aromatic rings. The molecule has 98 valence electrons. The summed E-state index contributed by atoms with van der Waals surface area (Å²) in [6.45, 7) is 1.31. The van der Waals surface area contributed by atoms with Crippen molar-refractivity contribution in [3.8, 4) is 5.69 Å². The molecule has 0 saturated carbocycles. The Bertz CT molecular complexity index is 594. The molecule has 0 N–H and O–H groups in total. The van der Waals surface area contributed by atoms with E-state index in [0.717, 1.165) is 17.7 Å². The van der Waals surface area contributed by atoms with Crippen LogP contribution in [0.15, 0.2) is 36.5 Å². The van der Waals surface area contributed by atoms with E-state index in [9.17, 15) is 4.79 Å². The van der Waals surface area contributed by atoms with Crippen LogP contribution in [-0.2, 0) is 17.8 Å². The average Bonchev–Trinajstić information content (AvgIpc) is 2.90. The number of carbonyl (C=O) groups excluding carboxylic acids is 1. The van der Waals surface area contributed by atoms with E-state index < -0.39 is 0 Å². The van der Waals surface area contributed by atoms with Gasteiger partial charge in [0.05, 0.1) is 17.6 Å². The predicted octanol–water partition coefficient (Wildman–Crippen LogP) is 2.00. The molecule has 4 nitrogen and oxygen atoms in total. The van der Waals surface area contributed by atoms with Gasteiger partial charge in [-0.05, 0) is 12.1 Å². The number of para-hydroxylation sites is 1. The summed E-state index contributed by atoms with van der Waals surface area (Å²) in [7, 11) is 0. The predicted molar refractivity (Wildman–Crippen MR) is 73.4 cm³/mol. The van der Waals surface area contributed by atoms with Gasteiger partial charge in [-0.3, -0.25) is 4.79 Å². The molecule has 0 atom stereocenters. The smallest absolute Gasteiger partial charge is 0.237 e. The maximum Gasteiger partial charge on any atom is 0.237 e. The third-order valence-corrected chi connectivity index (χ3v) is 3.63. The van der Waals surface area contributed by atoms with Crippen molar-refractivity contribution in [2.75, 3.05) is 12.4 Å². The van der Waals surface area contributed by atoms with Gasteiger partial charge in [-0.1, -0.05) is 18.2 Å². The van der Waals surface area contributed by atoms with E-state index in [1.807, 2.05) is 41.2 Å². The van der Waals surface area contributed by atoms with Crippen LogP contribution >= 0.6 is 11.6 Å². The van der Waals surface area contributed by atoms with Gasteiger partial charge < -0.3 is 4.90 Å². The van der Waals surface area contributed by atoms with E-state index in [-0.39, 0.29) is 11.8 Å². The zero-order valence-electron chi connectivity index (χ0n) is 10.4. The average molecular weight is 276 g/mol. The molecule has 0 bridgehead atoms. The first-order chi connectivity index (χ1) is 9.29. The van der Waals surface area contributed by atoms with Crippen LogP contribution in [0.2, 0.25) is 0 Å². The monoisotopic (exact) mass is 275 g/mol. The van der Waals surface area contributed by atoms with E-state index in [4.69, 9.17) is 11.6 Å². The zero-order chi connectivity index (χ0) is 13.2. The molecule has 5 heteroatoms. The van der Waals surface area contributed by atoms with Gasteiger partial charge >= 0.3 is 0 Å². The summed E-state index contributed by atoms with van der Waals surface area (Å²) in [6, 6.07) is 10.0. The minimum absolute atomic E-state index is 0.0141. The van der Waals surface area contributed by atoms with Gasteiger partial charge in [0.1, 0.15) is 5.88 Å². The van der Waals surface area contributed by atoms with Crippen molar-refractivity contribution in [2.24, 2.45) is 0 Å². The quantitative estimate of drug-likeness (QED) is 0.786. The van der Waals surface area contributed by atoms with E-state index in [2.05, 4.69) is 5.10 Å². The van der Waals surface area contributed by atoms with Gasteiger partial charge in [-0.15, -0.1) is 11.6 Å². The van der Waals surface area contributed by atoms with Crippen molar-refractivity contribution >= 4 is 17.5 Å². The number of alkyl halides is 1. The van der Waals surface area contributed by atoms with Crippen molar-refractivity contribution in [2.45, 2.75) is 13.0 Å². The molecule has 1 aromatic carbocycles. The Hall–Kier alpha value is -1.81. The molecule has 0 aliphatic carbocycles. The minimum Gasteiger partial charge on any atom is -0.337 e. The molecule has 0 saturated heterocycles. The highest BCUT2D eigenvalue weighted by Crippen LogP contribution is 2.21. The number of halogens is 1. The molecule has 1 aliphatic rings. The van der Waals surface area contributed by atoms with Crippen LogP contribution in [0.25, 0.3) is 5.69 Å². The van der Waals surface area contributed by atoms with Crippen molar-refractivity contribution in [1.29, 1.82) is 0 Å². The number of hydrogen-bond acceptors (Lipinski definition) is 2. The second-order valence-corrected chi connectivity index (χ2v) is 4.83. The second-order valence-electron chi connectivity index (χ2n) is 4.56. The fourth-order valence-electron chi connectivity index (χ4n) is 2.42. The van der Waals surface area contributed by atoms with Crippen LogP contribution in [0, 0.1) is 0 Å². The van der Waals surface area contributed by atoms with Crippen LogP contribution in [0.1, 0.15) is 11.3 Å².